The molecule has 0 aliphatic heterocycles. The first kappa shape index (κ1) is 18.8. The SMILES string of the molecule is CCN(CC(=O)N[C@H](c1ccc(F)cc1)c1cccs1)Cc1cccs1. The van der Waals surface area contributed by atoms with Crippen molar-refractivity contribution < 1.29 is 9.18 Å². The van der Waals surface area contributed by atoms with E-state index in [-0.39, 0.29) is 17.8 Å². The summed E-state index contributed by atoms with van der Waals surface area (Å²) in [6.45, 7) is 3.95. The standard InChI is InChI=1S/C20H21FN2OS2/c1-2-23(13-17-5-3-11-25-17)14-19(24)22-20(18-6-4-12-26-18)15-7-9-16(21)10-8-15/h3-12,20H,2,13-14H2,1H3,(H,22,24)/t20-/m1/s1. The quantitative estimate of drug-likeness (QED) is 0.608. The summed E-state index contributed by atoms with van der Waals surface area (Å²) >= 11 is 3.28. The fraction of sp³-hybridized carbons (Fsp3) is 0.250. The van der Waals surface area contributed by atoms with Crippen molar-refractivity contribution in [2.24, 2.45) is 0 Å². The van der Waals surface area contributed by atoms with Crippen LogP contribution in [0.3, 0.4) is 0 Å². The smallest absolute Gasteiger partial charge is 0.234 e. The van der Waals surface area contributed by atoms with Crippen LogP contribution in [0.5, 0.6) is 0 Å². The van der Waals surface area contributed by atoms with Gasteiger partial charge in [0.05, 0.1) is 12.6 Å². The molecule has 1 amide bonds. The molecule has 1 N–H and O–H groups in total. The molecule has 1 atom stereocenters. The Morgan fingerprint density at radius 2 is 1.85 bits per heavy atom. The number of hydrogen-bond donors (Lipinski definition) is 1. The second-order valence-electron chi connectivity index (χ2n) is 5.95. The third-order valence-corrected chi connectivity index (χ3v) is 5.91. The third kappa shape index (κ3) is 5.00. The molecule has 2 heterocycles. The van der Waals surface area contributed by atoms with E-state index < -0.39 is 0 Å². The van der Waals surface area contributed by atoms with E-state index in [1.54, 1.807) is 34.8 Å². The Balaban J connectivity index is 1.69. The van der Waals surface area contributed by atoms with Crippen molar-refractivity contribution in [3.05, 3.63) is 80.4 Å². The molecule has 136 valence electrons. The Kier molecular flexibility index (Phi) is 6.55. The highest BCUT2D eigenvalue weighted by atomic mass is 32.1. The van der Waals surface area contributed by atoms with Crippen LogP contribution < -0.4 is 5.32 Å². The molecular formula is C20H21FN2OS2. The zero-order valence-electron chi connectivity index (χ0n) is 14.5. The van der Waals surface area contributed by atoms with Gasteiger partial charge in [-0.25, -0.2) is 4.39 Å². The largest absolute Gasteiger partial charge is 0.343 e. The summed E-state index contributed by atoms with van der Waals surface area (Å²) in [7, 11) is 0. The highest BCUT2D eigenvalue weighted by molar-refractivity contribution is 7.10. The van der Waals surface area contributed by atoms with Crippen molar-refractivity contribution in [2.75, 3.05) is 13.1 Å². The van der Waals surface area contributed by atoms with Gasteiger partial charge in [-0.15, -0.1) is 22.7 Å². The Labute approximate surface area is 161 Å². The molecular weight excluding hydrogens is 367 g/mol. The van der Waals surface area contributed by atoms with E-state index in [2.05, 4.69) is 23.2 Å². The summed E-state index contributed by atoms with van der Waals surface area (Å²) in [5, 5.41) is 7.14. The summed E-state index contributed by atoms with van der Waals surface area (Å²) in [6, 6.07) is 14.1. The maximum absolute atomic E-state index is 13.3. The maximum Gasteiger partial charge on any atom is 0.234 e. The van der Waals surface area contributed by atoms with Gasteiger partial charge in [0, 0.05) is 16.3 Å². The van der Waals surface area contributed by atoms with Gasteiger partial charge in [-0.3, -0.25) is 9.69 Å². The number of nitrogens with one attached hydrogen (secondary N) is 1. The monoisotopic (exact) mass is 388 g/mol. The van der Waals surface area contributed by atoms with Crippen molar-refractivity contribution in [1.29, 1.82) is 0 Å². The van der Waals surface area contributed by atoms with Crippen LogP contribution in [0, 0.1) is 5.82 Å². The zero-order valence-corrected chi connectivity index (χ0v) is 16.2. The Morgan fingerprint density at radius 1 is 1.12 bits per heavy atom. The average Bonchev–Trinajstić information content (AvgIpc) is 3.34. The summed E-state index contributed by atoms with van der Waals surface area (Å²) in [4.78, 5) is 17.1. The average molecular weight is 389 g/mol. The van der Waals surface area contributed by atoms with Gasteiger partial charge in [0.15, 0.2) is 0 Å². The molecule has 0 saturated heterocycles. The number of rotatable bonds is 8. The number of benzene rings is 1. The van der Waals surface area contributed by atoms with Crippen LogP contribution in [0.2, 0.25) is 0 Å². The molecule has 1 aromatic carbocycles. The number of amides is 1. The first-order valence-electron chi connectivity index (χ1n) is 8.48. The lowest BCUT2D eigenvalue weighted by Gasteiger charge is -2.22. The number of hydrogen-bond acceptors (Lipinski definition) is 4. The van der Waals surface area contributed by atoms with Crippen molar-refractivity contribution in [1.82, 2.24) is 10.2 Å². The number of likely N-dealkylation sites (N-methyl/N-ethyl adjacent to an activating group) is 1. The molecule has 0 spiro atoms. The fourth-order valence-corrected chi connectivity index (χ4v) is 4.29. The van der Waals surface area contributed by atoms with Gasteiger partial charge in [0.25, 0.3) is 0 Å². The summed E-state index contributed by atoms with van der Waals surface area (Å²) in [5.74, 6) is -0.316. The minimum Gasteiger partial charge on any atom is -0.343 e. The Bertz CT molecular complexity index is 801. The van der Waals surface area contributed by atoms with Crippen molar-refractivity contribution in [3.63, 3.8) is 0 Å². The predicted octanol–water partition coefficient (Wildman–Crippen LogP) is 4.68. The molecule has 3 nitrogen and oxygen atoms in total. The molecule has 0 bridgehead atoms. The second-order valence-corrected chi connectivity index (χ2v) is 7.96. The van der Waals surface area contributed by atoms with E-state index in [0.29, 0.717) is 6.54 Å². The molecule has 6 heteroatoms. The molecule has 0 radical (unpaired) electrons. The number of nitrogens with zero attached hydrogens (tertiary/aromatic N) is 1. The van der Waals surface area contributed by atoms with Crippen molar-refractivity contribution in [2.45, 2.75) is 19.5 Å². The van der Waals surface area contributed by atoms with E-state index in [4.69, 9.17) is 0 Å². The third-order valence-electron chi connectivity index (χ3n) is 4.11. The van der Waals surface area contributed by atoms with Crippen LogP contribution in [-0.4, -0.2) is 23.9 Å². The lowest BCUT2D eigenvalue weighted by atomic mass is 10.1. The first-order chi connectivity index (χ1) is 12.7. The Morgan fingerprint density at radius 3 is 2.46 bits per heavy atom. The topological polar surface area (TPSA) is 32.3 Å². The van der Waals surface area contributed by atoms with E-state index in [0.717, 1.165) is 23.5 Å². The van der Waals surface area contributed by atoms with E-state index in [9.17, 15) is 9.18 Å². The van der Waals surface area contributed by atoms with Gasteiger partial charge in [-0.05, 0) is 47.1 Å². The number of thiophene rings is 2. The van der Waals surface area contributed by atoms with Gasteiger partial charge < -0.3 is 5.32 Å². The van der Waals surface area contributed by atoms with E-state index in [1.807, 2.05) is 29.0 Å². The molecule has 2 aromatic heterocycles. The lowest BCUT2D eigenvalue weighted by molar-refractivity contribution is -0.122. The molecule has 0 fully saturated rings. The normalized spacial score (nSPS) is 12.3. The number of carbonyl (C=O) groups excluding carboxylic acids is 1. The molecule has 3 rings (SSSR count). The zero-order chi connectivity index (χ0) is 18.4. The summed E-state index contributed by atoms with van der Waals surface area (Å²) in [6.07, 6.45) is 0. The maximum atomic E-state index is 13.3. The predicted molar refractivity (Wildman–Crippen MR) is 106 cm³/mol. The van der Waals surface area contributed by atoms with Crippen LogP contribution in [-0.2, 0) is 11.3 Å². The van der Waals surface area contributed by atoms with Crippen molar-refractivity contribution >= 4 is 28.6 Å². The second kappa shape index (κ2) is 9.07. The molecule has 0 aliphatic rings. The van der Waals surface area contributed by atoms with Crippen molar-refractivity contribution in [3.8, 4) is 0 Å². The first-order valence-corrected chi connectivity index (χ1v) is 10.2. The van der Waals surface area contributed by atoms with Gasteiger partial charge in [0.1, 0.15) is 5.82 Å². The van der Waals surface area contributed by atoms with Crippen LogP contribution >= 0.6 is 22.7 Å². The lowest BCUT2D eigenvalue weighted by Crippen LogP contribution is -2.38. The number of carbonyl (C=O) groups is 1. The molecule has 3 aromatic rings. The summed E-state index contributed by atoms with van der Waals surface area (Å²) < 4.78 is 13.3. The summed E-state index contributed by atoms with van der Waals surface area (Å²) in [5.41, 5.74) is 0.878. The molecule has 0 aliphatic carbocycles. The number of halogens is 1. The molecule has 0 unspecified atom stereocenters. The molecule has 0 saturated carbocycles. The van der Waals surface area contributed by atoms with Gasteiger partial charge in [0.2, 0.25) is 5.91 Å². The van der Waals surface area contributed by atoms with Crippen LogP contribution in [0.15, 0.2) is 59.3 Å². The van der Waals surface area contributed by atoms with E-state index in [1.165, 1.54) is 17.0 Å². The van der Waals surface area contributed by atoms with Crippen LogP contribution in [0.4, 0.5) is 4.39 Å². The highest BCUT2D eigenvalue weighted by Crippen LogP contribution is 2.26. The minimum atomic E-state index is -0.280. The Hall–Kier alpha value is -2.02. The highest BCUT2D eigenvalue weighted by Gasteiger charge is 2.19. The fourth-order valence-electron chi connectivity index (χ4n) is 2.74. The van der Waals surface area contributed by atoms with Gasteiger partial charge in [-0.1, -0.05) is 31.2 Å². The van der Waals surface area contributed by atoms with Crippen LogP contribution in [0.25, 0.3) is 0 Å². The van der Waals surface area contributed by atoms with Crippen LogP contribution in [0.1, 0.15) is 28.3 Å². The van der Waals surface area contributed by atoms with E-state index >= 15 is 0 Å². The van der Waals surface area contributed by atoms with Gasteiger partial charge in [-0.2, -0.15) is 0 Å². The minimum absolute atomic E-state index is 0.0360. The van der Waals surface area contributed by atoms with Gasteiger partial charge >= 0.3 is 0 Å². The molecule has 26 heavy (non-hydrogen) atoms.